The first-order valence-electron chi connectivity index (χ1n) is 8.69. The quantitative estimate of drug-likeness (QED) is 0.319. The number of fused-ring (bicyclic) bond motifs is 1. The summed E-state index contributed by atoms with van der Waals surface area (Å²) in [6, 6.07) is 12.1. The number of hydrogen-bond acceptors (Lipinski definition) is 6. The first-order chi connectivity index (χ1) is 13.5. The molecule has 2 heterocycles. The molecule has 1 N–H and O–H groups in total. The zero-order valence-electron chi connectivity index (χ0n) is 15.5. The molecule has 3 aromatic rings. The van der Waals surface area contributed by atoms with Crippen molar-refractivity contribution in [3.05, 3.63) is 81.9 Å². The number of aliphatic hydroxyl groups excluding tert-OH is 1. The summed E-state index contributed by atoms with van der Waals surface area (Å²) in [4.78, 5) is 33.2. The number of esters is 1. The Kier molecular flexibility index (Phi) is 5.64. The van der Waals surface area contributed by atoms with E-state index >= 15 is 0 Å². The maximum absolute atomic E-state index is 12.6. The average molecular weight is 377 g/mol. The van der Waals surface area contributed by atoms with Gasteiger partial charge in [0.25, 0.3) is 5.56 Å². The molecule has 0 saturated heterocycles. The maximum Gasteiger partial charge on any atom is 0.343 e. The highest BCUT2D eigenvalue weighted by Crippen LogP contribution is 2.17. The monoisotopic (exact) mass is 377 g/mol. The number of nitrogens with zero attached hydrogens (tertiary/aromatic N) is 3. The van der Waals surface area contributed by atoms with E-state index in [4.69, 9.17) is 4.74 Å². The minimum absolute atomic E-state index is 0.0315. The summed E-state index contributed by atoms with van der Waals surface area (Å²) < 4.78 is 6.37. The Bertz CT molecular complexity index is 1130. The third kappa shape index (κ3) is 3.98. The predicted octanol–water partition coefficient (Wildman–Crippen LogP) is 3.24. The van der Waals surface area contributed by atoms with Gasteiger partial charge in [-0.3, -0.25) is 9.20 Å². The topological polar surface area (TPSA) is 93.3 Å². The Labute approximate surface area is 161 Å². The van der Waals surface area contributed by atoms with Crippen molar-refractivity contribution in [2.45, 2.75) is 13.8 Å². The van der Waals surface area contributed by atoms with Crippen LogP contribution in [-0.4, -0.2) is 33.3 Å². The Morgan fingerprint density at radius 2 is 2.04 bits per heavy atom. The first kappa shape index (κ1) is 19.0. The van der Waals surface area contributed by atoms with Crippen molar-refractivity contribution in [1.82, 2.24) is 9.38 Å². The number of benzene rings is 1. The largest absolute Gasteiger partial charge is 0.506 e. The van der Waals surface area contributed by atoms with Crippen molar-refractivity contribution in [2.24, 2.45) is 4.99 Å². The van der Waals surface area contributed by atoms with E-state index in [1.54, 1.807) is 55.6 Å². The lowest BCUT2D eigenvalue weighted by molar-refractivity contribution is -0.137. The number of hydrogen-bond donors (Lipinski definition) is 1. The van der Waals surface area contributed by atoms with Crippen LogP contribution in [0.25, 0.3) is 11.4 Å². The molecule has 3 rings (SSSR count). The molecular weight excluding hydrogens is 358 g/mol. The van der Waals surface area contributed by atoms with Crippen LogP contribution in [0.5, 0.6) is 0 Å². The number of aromatic nitrogens is 2. The SMILES string of the molecule is CCOC(=O)/C(C=Nc1cnc2cc(C)ccn2c1=O)=C(/O)c1ccccc1. The summed E-state index contributed by atoms with van der Waals surface area (Å²) in [6.45, 7) is 3.70. The van der Waals surface area contributed by atoms with Crippen LogP contribution in [0.4, 0.5) is 5.69 Å². The fourth-order valence-corrected chi connectivity index (χ4v) is 2.56. The summed E-state index contributed by atoms with van der Waals surface area (Å²) in [6.07, 6.45) is 4.07. The number of aliphatic hydroxyl groups is 1. The van der Waals surface area contributed by atoms with Crippen LogP contribution in [0.3, 0.4) is 0 Å². The highest BCUT2D eigenvalue weighted by Gasteiger charge is 2.16. The second kappa shape index (κ2) is 8.30. The molecule has 0 spiro atoms. The van der Waals surface area contributed by atoms with E-state index in [9.17, 15) is 14.7 Å². The van der Waals surface area contributed by atoms with E-state index in [0.29, 0.717) is 11.2 Å². The molecule has 0 radical (unpaired) electrons. The van der Waals surface area contributed by atoms with Crippen molar-refractivity contribution >= 4 is 29.3 Å². The van der Waals surface area contributed by atoms with Crippen molar-refractivity contribution in [3.8, 4) is 0 Å². The zero-order valence-corrected chi connectivity index (χ0v) is 15.5. The summed E-state index contributed by atoms with van der Waals surface area (Å²) in [5.41, 5.74) is 1.40. The molecule has 0 bridgehead atoms. The normalized spacial score (nSPS) is 12.2. The van der Waals surface area contributed by atoms with E-state index in [1.807, 2.05) is 6.92 Å². The van der Waals surface area contributed by atoms with Crippen LogP contribution in [-0.2, 0) is 9.53 Å². The van der Waals surface area contributed by atoms with Gasteiger partial charge < -0.3 is 9.84 Å². The summed E-state index contributed by atoms with van der Waals surface area (Å²) in [7, 11) is 0. The average Bonchev–Trinajstić information content (AvgIpc) is 2.70. The van der Waals surface area contributed by atoms with E-state index < -0.39 is 5.97 Å². The van der Waals surface area contributed by atoms with Crippen molar-refractivity contribution in [2.75, 3.05) is 6.61 Å². The van der Waals surface area contributed by atoms with Gasteiger partial charge in [-0.25, -0.2) is 14.8 Å². The molecular formula is C21H19N3O4. The van der Waals surface area contributed by atoms with E-state index in [0.717, 1.165) is 11.8 Å². The highest BCUT2D eigenvalue weighted by atomic mass is 16.5. The minimum atomic E-state index is -0.739. The van der Waals surface area contributed by atoms with Gasteiger partial charge in [0, 0.05) is 18.0 Å². The minimum Gasteiger partial charge on any atom is -0.506 e. The van der Waals surface area contributed by atoms with Crippen LogP contribution in [0, 0.1) is 6.92 Å². The zero-order chi connectivity index (χ0) is 20.1. The molecule has 7 heteroatoms. The van der Waals surface area contributed by atoms with Gasteiger partial charge in [0.15, 0.2) is 0 Å². The summed E-state index contributed by atoms with van der Waals surface area (Å²) in [5.74, 6) is -1.02. The lowest BCUT2D eigenvalue weighted by Gasteiger charge is -2.07. The van der Waals surface area contributed by atoms with E-state index in [-0.39, 0.29) is 29.2 Å². The number of aryl methyl sites for hydroxylation is 1. The lowest BCUT2D eigenvalue weighted by atomic mass is 10.1. The standard InChI is InChI=1S/C21H19N3O4/c1-3-28-21(27)16(19(25)15-7-5-4-6-8-15)12-22-17-13-23-18-11-14(2)9-10-24(18)20(17)26/h4-13,25H,3H2,1-2H3/b19-16+,22-12?. The van der Waals surface area contributed by atoms with Gasteiger partial charge in [0.2, 0.25) is 0 Å². The fraction of sp³-hybridized carbons (Fsp3) is 0.143. The Balaban J connectivity index is 2.06. The number of carbonyl (C=O) groups is 1. The van der Waals surface area contributed by atoms with Crippen LogP contribution in [0.15, 0.2) is 70.2 Å². The molecule has 0 aliphatic heterocycles. The van der Waals surface area contributed by atoms with Crippen LogP contribution in [0.2, 0.25) is 0 Å². The number of pyridine rings is 1. The summed E-state index contributed by atoms with van der Waals surface area (Å²) >= 11 is 0. The van der Waals surface area contributed by atoms with Crippen molar-refractivity contribution in [1.29, 1.82) is 0 Å². The Morgan fingerprint density at radius 1 is 1.29 bits per heavy atom. The van der Waals surface area contributed by atoms with Gasteiger partial charge in [-0.15, -0.1) is 0 Å². The van der Waals surface area contributed by atoms with Crippen LogP contribution in [0.1, 0.15) is 18.1 Å². The maximum atomic E-state index is 12.6. The third-order valence-corrected chi connectivity index (χ3v) is 3.98. The smallest absolute Gasteiger partial charge is 0.343 e. The lowest BCUT2D eigenvalue weighted by Crippen LogP contribution is -2.15. The van der Waals surface area contributed by atoms with Gasteiger partial charge in [-0.2, -0.15) is 0 Å². The molecule has 0 aliphatic rings. The molecule has 0 unspecified atom stereocenters. The second-order valence-electron chi connectivity index (χ2n) is 5.99. The number of ether oxygens (including phenoxy) is 1. The van der Waals surface area contributed by atoms with E-state index in [1.165, 1.54) is 10.6 Å². The molecule has 0 atom stereocenters. The van der Waals surface area contributed by atoms with E-state index in [2.05, 4.69) is 9.98 Å². The Hall–Kier alpha value is -3.74. The number of carbonyl (C=O) groups excluding carboxylic acids is 1. The van der Waals surface area contributed by atoms with Gasteiger partial charge >= 0.3 is 5.97 Å². The molecule has 28 heavy (non-hydrogen) atoms. The molecule has 1 aromatic carbocycles. The van der Waals surface area contributed by atoms with Gasteiger partial charge in [0.1, 0.15) is 22.7 Å². The van der Waals surface area contributed by atoms with Crippen LogP contribution < -0.4 is 5.56 Å². The molecule has 0 fully saturated rings. The molecule has 0 amide bonds. The summed E-state index contributed by atoms with van der Waals surface area (Å²) in [5, 5.41) is 10.5. The van der Waals surface area contributed by atoms with Crippen molar-refractivity contribution in [3.63, 3.8) is 0 Å². The molecule has 7 nitrogen and oxygen atoms in total. The first-order valence-corrected chi connectivity index (χ1v) is 8.69. The van der Waals surface area contributed by atoms with Gasteiger partial charge in [-0.1, -0.05) is 30.3 Å². The van der Waals surface area contributed by atoms with Crippen molar-refractivity contribution < 1.29 is 14.6 Å². The van der Waals surface area contributed by atoms with Gasteiger partial charge in [0.05, 0.1) is 12.8 Å². The highest BCUT2D eigenvalue weighted by molar-refractivity contribution is 6.15. The molecule has 0 aliphatic carbocycles. The Morgan fingerprint density at radius 3 is 2.75 bits per heavy atom. The fourth-order valence-electron chi connectivity index (χ4n) is 2.56. The third-order valence-electron chi connectivity index (χ3n) is 3.98. The second-order valence-corrected chi connectivity index (χ2v) is 5.99. The molecule has 142 valence electrons. The molecule has 2 aromatic heterocycles. The predicted molar refractivity (Wildman–Crippen MR) is 107 cm³/mol. The number of rotatable bonds is 5. The van der Waals surface area contributed by atoms with Crippen LogP contribution >= 0.6 is 0 Å². The van der Waals surface area contributed by atoms with Gasteiger partial charge in [-0.05, 0) is 31.5 Å². The molecule has 0 saturated carbocycles. The number of aliphatic imine (C=N–C) groups is 1.